The second-order valence-electron chi connectivity index (χ2n) is 6.51. The number of benzene rings is 2. The van der Waals surface area contributed by atoms with Gasteiger partial charge in [-0.3, -0.25) is 4.98 Å². The van der Waals surface area contributed by atoms with Crippen LogP contribution in [0.1, 0.15) is 36.4 Å². The first kappa shape index (κ1) is 13.7. The quantitative estimate of drug-likeness (QED) is 0.643. The van der Waals surface area contributed by atoms with Crippen molar-refractivity contribution in [3.63, 3.8) is 0 Å². The van der Waals surface area contributed by atoms with Gasteiger partial charge in [0.25, 0.3) is 0 Å². The van der Waals surface area contributed by atoms with Crippen molar-refractivity contribution in [2.75, 3.05) is 5.32 Å². The molecule has 2 nitrogen and oxygen atoms in total. The number of aromatic nitrogens is 1. The zero-order chi connectivity index (χ0) is 16.1. The molecule has 2 aromatic carbocycles. The summed E-state index contributed by atoms with van der Waals surface area (Å²) in [6, 6.07) is 15.3. The predicted molar refractivity (Wildman–Crippen MR) is 95.3 cm³/mol. The molecule has 1 N–H and O–H groups in total. The van der Waals surface area contributed by atoms with E-state index in [0.717, 1.165) is 36.0 Å². The summed E-state index contributed by atoms with van der Waals surface area (Å²) in [5.74, 6) is -0.139. The fourth-order valence-corrected chi connectivity index (χ4v) is 4.19. The van der Waals surface area contributed by atoms with Gasteiger partial charge in [0.2, 0.25) is 0 Å². The average molecular weight is 316 g/mol. The molecule has 3 aromatic rings. The summed E-state index contributed by atoms with van der Waals surface area (Å²) in [5, 5.41) is 4.78. The SMILES string of the molecule is Fc1ccccc1C1Nc2ccc3ncccc3c2C2=C1CCC2. The van der Waals surface area contributed by atoms with Crippen molar-refractivity contribution in [3.05, 3.63) is 77.2 Å². The number of rotatable bonds is 1. The second kappa shape index (κ2) is 5.17. The van der Waals surface area contributed by atoms with Gasteiger partial charge >= 0.3 is 0 Å². The fraction of sp³-hybridized carbons (Fsp3) is 0.190. The van der Waals surface area contributed by atoms with E-state index >= 15 is 0 Å². The molecule has 0 amide bonds. The Morgan fingerprint density at radius 1 is 1.00 bits per heavy atom. The largest absolute Gasteiger partial charge is 0.374 e. The maximum atomic E-state index is 14.4. The molecule has 0 radical (unpaired) electrons. The lowest BCUT2D eigenvalue weighted by Gasteiger charge is -2.31. The molecular weight excluding hydrogens is 299 g/mol. The third kappa shape index (κ3) is 1.91. The monoisotopic (exact) mass is 316 g/mol. The van der Waals surface area contributed by atoms with Gasteiger partial charge in [-0.15, -0.1) is 0 Å². The molecule has 24 heavy (non-hydrogen) atoms. The molecule has 1 atom stereocenters. The maximum Gasteiger partial charge on any atom is 0.128 e. The zero-order valence-electron chi connectivity index (χ0n) is 13.2. The van der Waals surface area contributed by atoms with Crippen molar-refractivity contribution < 1.29 is 4.39 Å². The van der Waals surface area contributed by atoms with Crippen LogP contribution in [0.3, 0.4) is 0 Å². The molecule has 118 valence electrons. The van der Waals surface area contributed by atoms with Gasteiger partial charge in [0.15, 0.2) is 0 Å². The van der Waals surface area contributed by atoms with Gasteiger partial charge in [-0.05, 0) is 54.7 Å². The van der Waals surface area contributed by atoms with E-state index in [0.29, 0.717) is 0 Å². The van der Waals surface area contributed by atoms with Crippen molar-refractivity contribution in [3.8, 4) is 0 Å². The van der Waals surface area contributed by atoms with Crippen molar-refractivity contribution in [1.29, 1.82) is 0 Å². The lowest BCUT2D eigenvalue weighted by atomic mass is 9.86. The van der Waals surface area contributed by atoms with Crippen molar-refractivity contribution in [2.45, 2.75) is 25.3 Å². The Morgan fingerprint density at radius 2 is 1.92 bits per heavy atom. The van der Waals surface area contributed by atoms with Gasteiger partial charge in [-0.1, -0.05) is 24.3 Å². The Labute approximate surface area is 140 Å². The fourth-order valence-electron chi connectivity index (χ4n) is 4.19. The molecule has 2 heterocycles. The Kier molecular flexibility index (Phi) is 2.96. The van der Waals surface area contributed by atoms with Gasteiger partial charge in [-0.2, -0.15) is 0 Å². The van der Waals surface area contributed by atoms with Crippen LogP contribution >= 0.6 is 0 Å². The zero-order valence-corrected chi connectivity index (χ0v) is 13.2. The van der Waals surface area contributed by atoms with E-state index in [9.17, 15) is 4.39 Å². The number of nitrogens with zero attached hydrogens (tertiary/aromatic N) is 1. The van der Waals surface area contributed by atoms with E-state index in [1.807, 2.05) is 30.5 Å². The highest BCUT2D eigenvalue weighted by molar-refractivity contribution is 6.00. The highest BCUT2D eigenvalue weighted by atomic mass is 19.1. The standard InChI is InChI=1S/C21H17FN2/c22-17-9-2-1-5-15(17)21-14-7-3-6-13(14)20-16-8-4-12-23-18(16)10-11-19(20)24-21/h1-2,4-5,8-12,21,24H,3,6-7H2. The summed E-state index contributed by atoms with van der Waals surface area (Å²) in [7, 11) is 0. The number of anilines is 1. The van der Waals surface area contributed by atoms with E-state index in [1.165, 1.54) is 22.1 Å². The van der Waals surface area contributed by atoms with Crippen molar-refractivity contribution in [2.24, 2.45) is 0 Å². The number of fused-ring (bicyclic) bond motifs is 4. The van der Waals surface area contributed by atoms with Gasteiger partial charge in [0, 0.05) is 28.4 Å². The number of nitrogens with one attached hydrogen (secondary N) is 1. The van der Waals surface area contributed by atoms with Gasteiger partial charge in [0.05, 0.1) is 11.6 Å². The molecule has 0 spiro atoms. The van der Waals surface area contributed by atoms with Crippen LogP contribution in [-0.2, 0) is 0 Å². The molecular formula is C21H17FN2. The second-order valence-corrected chi connectivity index (χ2v) is 6.51. The van der Waals surface area contributed by atoms with Crippen molar-refractivity contribution >= 4 is 22.2 Å². The van der Waals surface area contributed by atoms with E-state index in [-0.39, 0.29) is 11.9 Å². The molecule has 5 rings (SSSR count). The molecule has 0 bridgehead atoms. The summed E-state index contributed by atoms with van der Waals surface area (Å²) in [4.78, 5) is 4.48. The minimum Gasteiger partial charge on any atom is -0.374 e. The molecule has 1 unspecified atom stereocenters. The summed E-state index contributed by atoms with van der Waals surface area (Å²) < 4.78 is 14.4. The first-order valence-corrected chi connectivity index (χ1v) is 8.44. The van der Waals surface area contributed by atoms with E-state index < -0.39 is 0 Å². The first-order chi connectivity index (χ1) is 11.8. The first-order valence-electron chi connectivity index (χ1n) is 8.44. The third-order valence-electron chi connectivity index (χ3n) is 5.21. The van der Waals surface area contributed by atoms with Crippen LogP contribution in [0.2, 0.25) is 0 Å². The lowest BCUT2D eigenvalue weighted by molar-refractivity contribution is 0.601. The molecule has 1 aromatic heterocycles. The van der Waals surface area contributed by atoms with Crippen LogP contribution in [0.5, 0.6) is 0 Å². The average Bonchev–Trinajstić information content (AvgIpc) is 3.11. The minimum atomic E-state index is -0.139. The topological polar surface area (TPSA) is 24.9 Å². The Balaban J connectivity index is 1.76. The highest BCUT2D eigenvalue weighted by Gasteiger charge is 2.32. The molecule has 3 heteroatoms. The predicted octanol–water partition coefficient (Wildman–Crippen LogP) is 5.48. The molecule has 2 aliphatic rings. The smallest absolute Gasteiger partial charge is 0.128 e. The number of hydrogen-bond acceptors (Lipinski definition) is 2. The maximum absolute atomic E-state index is 14.4. The highest BCUT2D eigenvalue weighted by Crippen LogP contribution is 2.50. The third-order valence-corrected chi connectivity index (χ3v) is 5.21. The molecule has 1 aliphatic carbocycles. The number of hydrogen-bond donors (Lipinski definition) is 1. The van der Waals surface area contributed by atoms with Crippen molar-refractivity contribution in [1.82, 2.24) is 4.98 Å². The van der Waals surface area contributed by atoms with Crippen LogP contribution in [0.4, 0.5) is 10.1 Å². The van der Waals surface area contributed by atoms with E-state index in [1.54, 1.807) is 12.1 Å². The van der Waals surface area contributed by atoms with Gasteiger partial charge < -0.3 is 5.32 Å². The minimum absolute atomic E-state index is 0.0645. The van der Waals surface area contributed by atoms with E-state index in [4.69, 9.17) is 0 Å². The molecule has 1 aliphatic heterocycles. The van der Waals surface area contributed by atoms with Gasteiger partial charge in [0.1, 0.15) is 5.82 Å². The Bertz CT molecular complexity index is 990. The van der Waals surface area contributed by atoms with Crippen LogP contribution in [0.25, 0.3) is 16.5 Å². The molecule has 0 saturated heterocycles. The van der Waals surface area contributed by atoms with Crippen LogP contribution in [0, 0.1) is 5.82 Å². The number of halogens is 1. The van der Waals surface area contributed by atoms with Crippen LogP contribution < -0.4 is 5.32 Å². The van der Waals surface area contributed by atoms with Crippen LogP contribution in [-0.4, -0.2) is 4.98 Å². The lowest BCUT2D eigenvalue weighted by Crippen LogP contribution is -2.19. The summed E-state index contributed by atoms with van der Waals surface area (Å²) in [5.41, 5.74) is 6.83. The molecule has 0 fully saturated rings. The number of pyridine rings is 1. The Morgan fingerprint density at radius 3 is 2.83 bits per heavy atom. The normalized spacial score (nSPS) is 19.1. The summed E-state index contributed by atoms with van der Waals surface area (Å²) in [6.07, 6.45) is 5.05. The summed E-state index contributed by atoms with van der Waals surface area (Å²) in [6.45, 7) is 0. The van der Waals surface area contributed by atoms with Crippen LogP contribution in [0.15, 0.2) is 60.3 Å². The molecule has 0 saturated carbocycles. The van der Waals surface area contributed by atoms with Gasteiger partial charge in [-0.25, -0.2) is 4.39 Å². The Hall–Kier alpha value is -2.68. The summed E-state index contributed by atoms with van der Waals surface area (Å²) >= 11 is 0. The number of allylic oxidation sites excluding steroid dienone is 1. The van der Waals surface area contributed by atoms with E-state index in [2.05, 4.69) is 22.4 Å².